The van der Waals surface area contributed by atoms with E-state index in [-0.39, 0.29) is 0 Å². The molecular weight excluding hydrogens is 204 g/mol. The molecule has 15 heavy (non-hydrogen) atoms. The molecule has 3 heteroatoms. The first kappa shape index (κ1) is 10.1. The fourth-order valence-corrected chi connectivity index (χ4v) is 2.23. The van der Waals surface area contributed by atoms with Gasteiger partial charge in [-0.3, -0.25) is 0 Å². The second-order valence-corrected chi connectivity index (χ2v) is 3.87. The van der Waals surface area contributed by atoms with Gasteiger partial charge in [0.15, 0.2) is 0 Å². The lowest BCUT2D eigenvalue weighted by atomic mass is 10.0. The van der Waals surface area contributed by atoms with Gasteiger partial charge in [0, 0.05) is 5.56 Å². The molecule has 0 saturated carbocycles. The van der Waals surface area contributed by atoms with Gasteiger partial charge in [-0.25, -0.2) is 0 Å². The van der Waals surface area contributed by atoms with Crippen LogP contribution in [-0.2, 0) is 0 Å². The van der Waals surface area contributed by atoms with Gasteiger partial charge in [-0.05, 0) is 25.0 Å². The van der Waals surface area contributed by atoms with E-state index >= 15 is 0 Å². The molecule has 0 aliphatic rings. The van der Waals surface area contributed by atoms with Crippen molar-refractivity contribution in [2.24, 2.45) is 0 Å². The van der Waals surface area contributed by atoms with Crippen LogP contribution >= 0.6 is 11.7 Å². The summed E-state index contributed by atoms with van der Waals surface area (Å²) in [4.78, 5) is 0. The summed E-state index contributed by atoms with van der Waals surface area (Å²) in [5.41, 5.74) is 5.36. The molecule has 0 fully saturated rings. The smallest absolute Gasteiger partial charge is 0.112 e. The lowest BCUT2D eigenvalue weighted by molar-refractivity contribution is 1.47. The number of hydrogen-bond acceptors (Lipinski definition) is 3. The van der Waals surface area contributed by atoms with E-state index in [0.29, 0.717) is 0 Å². The zero-order chi connectivity index (χ0) is 10.8. The summed E-state index contributed by atoms with van der Waals surface area (Å²) in [7, 11) is 0. The number of fused-ring (bicyclic) bond motifs is 1. The first-order valence-corrected chi connectivity index (χ1v) is 5.52. The molecule has 0 spiro atoms. The summed E-state index contributed by atoms with van der Waals surface area (Å²) >= 11 is 1.26. The van der Waals surface area contributed by atoms with Gasteiger partial charge in [-0.15, -0.1) is 0 Å². The van der Waals surface area contributed by atoms with Crippen LogP contribution in [0.4, 0.5) is 0 Å². The third-order valence-corrected chi connectivity index (χ3v) is 2.99. The quantitative estimate of drug-likeness (QED) is 0.717. The Kier molecular flexibility index (Phi) is 2.64. The maximum atomic E-state index is 4.34. The van der Waals surface area contributed by atoms with E-state index in [1.807, 2.05) is 19.1 Å². The topological polar surface area (TPSA) is 25.8 Å². The minimum Gasteiger partial charge on any atom is -0.173 e. The van der Waals surface area contributed by atoms with Crippen LogP contribution in [0.15, 0.2) is 30.9 Å². The van der Waals surface area contributed by atoms with Crippen molar-refractivity contribution in [3.05, 3.63) is 42.0 Å². The van der Waals surface area contributed by atoms with Crippen LogP contribution in [0, 0.1) is 6.92 Å². The number of aryl methyl sites for hydroxylation is 1. The van der Waals surface area contributed by atoms with Crippen molar-refractivity contribution >= 4 is 28.3 Å². The van der Waals surface area contributed by atoms with E-state index in [0.717, 1.165) is 22.2 Å². The van der Waals surface area contributed by atoms with Crippen molar-refractivity contribution in [2.75, 3.05) is 0 Å². The zero-order valence-corrected chi connectivity index (χ0v) is 9.64. The highest BCUT2D eigenvalue weighted by Gasteiger charge is 2.08. The molecular formula is C12H12N2S. The Morgan fingerprint density at radius 1 is 1.33 bits per heavy atom. The van der Waals surface area contributed by atoms with Crippen LogP contribution in [0.5, 0.6) is 0 Å². The van der Waals surface area contributed by atoms with Gasteiger partial charge in [-0.2, -0.15) is 8.75 Å². The molecule has 0 aliphatic heterocycles. The largest absolute Gasteiger partial charge is 0.173 e. The van der Waals surface area contributed by atoms with Crippen LogP contribution in [0.25, 0.3) is 16.6 Å². The molecule has 1 heterocycles. The number of benzene rings is 1. The van der Waals surface area contributed by atoms with Gasteiger partial charge in [0.05, 0.1) is 11.7 Å². The van der Waals surface area contributed by atoms with Gasteiger partial charge in [0.1, 0.15) is 11.0 Å². The highest BCUT2D eigenvalue weighted by atomic mass is 32.1. The van der Waals surface area contributed by atoms with Crippen molar-refractivity contribution < 1.29 is 0 Å². The van der Waals surface area contributed by atoms with Gasteiger partial charge >= 0.3 is 0 Å². The van der Waals surface area contributed by atoms with E-state index in [1.165, 1.54) is 17.3 Å². The van der Waals surface area contributed by atoms with E-state index in [9.17, 15) is 0 Å². The van der Waals surface area contributed by atoms with Crippen LogP contribution < -0.4 is 0 Å². The average Bonchev–Trinajstić information content (AvgIpc) is 2.72. The number of rotatable bonds is 2. The van der Waals surface area contributed by atoms with Crippen LogP contribution in [0.2, 0.25) is 0 Å². The molecule has 0 unspecified atom stereocenters. The van der Waals surface area contributed by atoms with Gasteiger partial charge in [-0.1, -0.05) is 30.9 Å². The van der Waals surface area contributed by atoms with Crippen molar-refractivity contribution in [3.63, 3.8) is 0 Å². The Labute approximate surface area is 93.3 Å². The van der Waals surface area contributed by atoms with Crippen molar-refractivity contribution in [1.29, 1.82) is 0 Å². The SMILES string of the molecule is C=C/C(=C\C)c1ccc(C)c2nsnc12. The van der Waals surface area contributed by atoms with E-state index < -0.39 is 0 Å². The fraction of sp³-hybridized carbons (Fsp3) is 0.167. The van der Waals surface area contributed by atoms with Gasteiger partial charge in [0.2, 0.25) is 0 Å². The Morgan fingerprint density at radius 3 is 2.73 bits per heavy atom. The van der Waals surface area contributed by atoms with Crippen LogP contribution in [-0.4, -0.2) is 8.75 Å². The number of nitrogens with zero attached hydrogens (tertiary/aromatic N) is 2. The number of hydrogen-bond donors (Lipinski definition) is 0. The minimum atomic E-state index is 0.980. The summed E-state index contributed by atoms with van der Waals surface area (Å²) in [6, 6.07) is 4.15. The molecule has 2 aromatic rings. The third kappa shape index (κ3) is 1.59. The lowest BCUT2D eigenvalue weighted by Crippen LogP contribution is -1.85. The molecule has 0 aliphatic carbocycles. The van der Waals surface area contributed by atoms with Crippen LogP contribution in [0.1, 0.15) is 18.1 Å². The van der Waals surface area contributed by atoms with Crippen molar-refractivity contribution in [1.82, 2.24) is 8.75 Å². The highest BCUT2D eigenvalue weighted by molar-refractivity contribution is 7.00. The summed E-state index contributed by atoms with van der Waals surface area (Å²) in [6.07, 6.45) is 3.89. The highest BCUT2D eigenvalue weighted by Crippen LogP contribution is 2.26. The van der Waals surface area contributed by atoms with Crippen molar-refractivity contribution in [3.8, 4) is 0 Å². The zero-order valence-electron chi connectivity index (χ0n) is 8.82. The summed E-state index contributed by atoms with van der Waals surface area (Å²) < 4.78 is 8.64. The standard InChI is InChI=1S/C12H12N2S/c1-4-9(5-2)10-7-6-8(3)11-12(10)14-15-13-11/h4-7H,1H2,2-3H3/b9-5+. The Bertz CT molecular complexity index is 538. The maximum absolute atomic E-state index is 4.34. The molecule has 0 saturated heterocycles. The third-order valence-electron chi connectivity index (χ3n) is 2.46. The molecule has 0 bridgehead atoms. The van der Waals surface area contributed by atoms with Crippen LogP contribution in [0.3, 0.4) is 0 Å². The molecule has 2 rings (SSSR count). The van der Waals surface area contributed by atoms with E-state index in [1.54, 1.807) is 0 Å². The first-order valence-electron chi connectivity index (χ1n) is 4.79. The van der Waals surface area contributed by atoms with Gasteiger partial charge < -0.3 is 0 Å². The van der Waals surface area contributed by atoms with E-state index in [4.69, 9.17) is 0 Å². The summed E-state index contributed by atoms with van der Waals surface area (Å²) in [6.45, 7) is 7.86. The summed E-state index contributed by atoms with van der Waals surface area (Å²) in [5, 5.41) is 0. The molecule has 0 N–H and O–H groups in total. The monoisotopic (exact) mass is 216 g/mol. The number of allylic oxidation sites excluding steroid dienone is 3. The molecule has 1 aromatic heterocycles. The minimum absolute atomic E-state index is 0.980. The van der Waals surface area contributed by atoms with Crippen molar-refractivity contribution in [2.45, 2.75) is 13.8 Å². The second-order valence-electron chi connectivity index (χ2n) is 3.34. The van der Waals surface area contributed by atoms with Gasteiger partial charge in [0.25, 0.3) is 0 Å². The molecule has 0 atom stereocenters. The predicted octanol–water partition coefficient (Wildman–Crippen LogP) is 3.59. The molecule has 2 nitrogen and oxygen atoms in total. The number of aromatic nitrogens is 2. The molecule has 1 aromatic carbocycles. The second kappa shape index (κ2) is 3.95. The molecule has 0 amide bonds. The lowest BCUT2D eigenvalue weighted by Gasteiger charge is -2.03. The fourth-order valence-electron chi connectivity index (χ4n) is 1.61. The molecule has 76 valence electrons. The maximum Gasteiger partial charge on any atom is 0.112 e. The average molecular weight is 216 g/mol. The predicted molar refractivity (Wildman–Crippen MR) is 66.0 cm³/mol. The summed E-state index contributed by atoms with van der Waals surface area (Å²) in [5.74, 6) is 0. The Morgan fingerprint density at radius 2 is 2.07 bits per heavy atom. The first-order chi connectivity index (χ1) is 7.27. The normalized spacial score (nSPS) is 12.0. The Balaban J connectivity index is 2.77. The molecule has 0 radical (unpaired) electrons. The Hall–Kier alpha value is -1.48. The van der Waals surface area contributed by atoms with E-state index in [2.05, 4.69) is 34.4 Å².